The molecule has 2 atom stereocenters. The maximum Gasteiger partial charge on any atom is 0.190 e. The van der Waals surface area contributed by atoms with Crippen molar-refractivity contribution in [3.05, 3.63) is 35.9 Å². The van der Waals surface area contributed by atoms with E-state index in [0.717, 1.165) is 19.3 Å². The Morgan fingerprint density at radius 3 is 2.50 bits per heavy atom. The molecule has 0 spiro atoms. The topological polar surface area (TPSA) is 26.3 Å². The molecule has 1 aliphatic heterocycles. The first-order chi connectivity index (χ1) is 9.68. The minimum absolute atomic E-state index is 0.0148. The quantitative estimate of drug-likeness (QED) is 0.763. The lowest BCUT2D eigenvalue weighted by atomic mass is 9.82. The smallest absolute Gasteiger partial charge is 0.190 e. The summed E-state index contributed by atoms with van der Waals surface area (Å²) in [5, 5.41) is 0. The van der Waals surface area contributed by atoms with Crippen molar-refractivity contribution in [1.82, 2.24) is 0 Å². The number of hydrogen-bond donors (Lipinski definition) is 0. The van der Waals surface area contributed by atoms with Gasteiger partial charge in [-0.1, -0.05) is 43.2 Å². The van der Waals surface area contributed by atoms with Gasteiger partial charge in [-0.3, -0.25) is 4.79 Å². The number of rotatable bonds is 4. The molecule has 3 rings (SSSR count). The van der Waals surface area contributed by atoms with Gasteiger partial charge in [0.15, 0.2) is 8.32 Å². The highest BCUT2D eigenvalue weighted by molar-refractivity contribution is 6.75. The highest BCUT2D eigenvalue weighted by atomic mass is 28.4. The molecule has 1 aromatic carbocycles. The summed E-state index contributed by atoms with van der Waals surface area (Å²) in [6.07, 6.45) is 5.30. The Bertz CT molecular complexity index is 467. The predicted octanol–water partition coefficient (Wildman–Crippen LogP) is 4.48. The Morgan fingerprint density at radius 2 is 1.90 bits per heavy atom. The Labute approximate surface area is 122 Å². The Morgan fingerprint density at radius 1 is 1.15 bits per heavy atom. The van der Waals surface area contributed by atoms with E-state index in [2.05, 4.69) is 30.8 Å². The molecule has 0 amide bonds. The van der Waals surface area contributed by atoms with Crippen LogP contribution in [0.1, 0.15) is 43.8 Å². The molecule has 1 heterocycles. The minimum atomic E-state index is -1.51. The van der Waals surface area contributed by atoms with Crippen molar-refractivity contribution in [1.29, 1.82) is 0 Å². The van der Waals surface area contributed by atoms with Crippen molar-refractivity contribution in [3.63, 3.8) is 0 Å². The third kappa shape index (κ3) is 2.89. The zero-order valence-corrected chi connectivity index (χ0v) is 13.3. The van der Waals surface area contributed by atoms with Crippen LogP contribution < -0.4 is 0 Å². The predicted molar refractivity (Wildman–Crippen MR) is 83.1 cm³/mol. The fourth-order valence-electron chi connectivity index (χ4n) is 3.45. The molecular weight excluding hydrogens is 264 g/mol. The molecule has 0 aromatic heterocycles. The first-order valence-corrected chi connectivity index (χ1v) is 10.8. The van der Waals surface area contributed by atoms with Crippen molar-refractivity contribution in [2.45, 2.75) is 56.8 Å². The number of Topliss-reactive ketones (excluding diaryl/α,β-unsaturated/α-hetero) is 1. The fourth-order valence-corrected chi connectivity index (χ4v) is 5.95. The molecular formula is C17H24O2Si. The number of ketones is 1. The van der Waals surface area contributed by atoms with Crippen molar-refractivity contribution < 1.29 is 9.22 Å². The van der Waals surface area contributed by atoms with Crippen LogP contribution in [0.4, 0.5) is 0 Å². The van der Waals surface area contributed by atoms with Crippen LogP contribution in [0.5, 0.6) is 0 Å². The SMILES string of the molecule is C[Si]1(O[C@H](c2ccccc2)[C@H]2CCCCC2=O)CCC1. The van der Waals surface area contributed by atoms with Crippen LogP contribution in [0.2, 0.25) is 18.6 Å². The second-order valence-corrected chi connectivity index (χ2v) is 10.7. The van der Waals surface area contributed by atoms with Crippen molar-refractivity contribution in [3.8, 4) is 0 Å². The van der Waals surface area contributed by atoms with Gasteiger partial charge in [-0.05, 0) is 37.0 Å². The largest absolute Gasteiger partial charge is 0.409 e. The zero-order chi connectivity index (χ0) is 14.0. The van der Waals surface area contributed by atoms with Crippen LogP contribution in [-0.2, 0) is 9.22 Å². The standard InChI is InChI=1S/C17H24O2Si/c1-20(12-7-13-20)19-17(14-8-3-2-4-9-14)15-10-5-6-11-16(15)18/h2-4,8-9,15,17H,5-7,10-13H2,1H3/t15-,17+/m0/s1. The second kappa shape index (κ2) is 5.82. The summed E-state index contributed by atoms with van der Waals surface area (Å²) in [5.74, 6) is 0.512. The van der Waals surface area contributed by atoms with Crippen LogP contribution in [0.15, 0.2) is 30.3 Å². The van der Waals surface area contributed by atoms with E-state index < -0.39 is 8.32 Å². The Hall–Kier alpha value is -0.933. The number of carbonyl (C=O) groups excluding carboxylic acids is 1. The van der Waals surface area contributed by atoms with Gasteiger partial charge in [0, 0.05) is 12.3 Å². The highest BCUT2D eigenvalue weighted by Gasteiger charge is 2.42. The average molecular weight is 288 g/mol. The number of benzene rings is 1. The van der Waals surface area contributed by atoms with Gasteiger partial charge >= 0.3 is 0 Å². The van der Waals surface area contributed by atoms with Crippen LogP contribution in [0.25, 0.3) is 0 Å². The minimum Gasteiger partial charge on any atom is -0.409 e. The van der Waals surface area contributed by atoms with Crippen molar-refractivity contribution in [2.75, 3.05) is 0 Å². The lowest BCUT2D eigenvalue weighted by Crippen LogP contribution is -2.44. The molecule has 0 bridgehead atoms. The molecule has 108 valence electrons. The van der Waals surface area contributed by atoms with Crippen molar-refractivity contribution >= 4 is 14.1 Å². The summed E-state index contributed by atoms with van der Waals surface area (Å²) in [4.78, 5) is 12.3. The van der Waals surface area contributed by atoms with Gasteiger partial charge in [-0.25, -0.2) is 0 Å². The van der Waals surface area contributed by atoms with Gasteiger partial charge in [0.25, 0.3) is 0 Å². The van der Waals surface area contributed by atoms with Gasteiger partial charge in [-0.15, -0.1) is 0 Å². The van der Waals surface area contributed by atoms with Gasteiger partial charge in [-0.2, -0.15) is 0 Å². The summed E-state index contributed by atoms with van der Waals surface area (Å²) < 4.78 is 6.59. The third-order valence-corrected chi connectivity index (χ3v) is 8.56. The van der Waals surface area contributed by atoms with Gasteiger partial charge in [0.05, 0.1) is 6.10 Å². The lowest BCUT2D eigenvalue weighted by molar-refractivity contribution is -0.128. The molecule has 2 fully saturated rings. The molecule has 2 aliphatic rings. The highest BCUT2D eigenvalue weighted by Crippen LogP contribution is 2.42. The average Bonchev–Trinajstić information content (AvgIpc) is 2.45. The van der Waals surface area contributed by atoms with Crippen LogP contribution in [-0.4, -0.2) is 14.1 Å². The summed E-state index contributed by atoms with van der Waals surface area (Å²) in [6.45, 7) is 2.33. The Kier molecular flexibility index (Phi) is 4.08. The fraction of sp³-hybridized carbons (Fsp3) is 0.588. The third-order valence-electron chi connectivity index (χ3n) is 4.92. The maximum atomic E-state index is 12.3. The summed E-state index contributed by atoms with van der Waals surface area (Å²) in [6, 6.07) is 12.9. The zero-order valence-electron chi connectivity index (χ0n) is 12.3. The number of carbonyl (C=O) groups is 1. The summed E-state index contributed by atoms with van der Waals surface area (Å²) in [5.41, 5.74) is 1.20. The van der Waals surface area contributed by atoms with E-state index in [4.69, 9.17) is 4.43 Å². The van der Waals surface area contributed by atoms with Crippen LogP contribution in [0, 0.1) is 5.92 Å². The molecule has 2 nitrogen and oxygen atoms in total. The molecule has 20 heavy (non-hydrogen) atoms. The first kappa shape index (κ1) is 14.0. The molecule has 1 saturated carbocycles. The second-order valence-electron chi connectivity index (χ2n) is 6.57. The van der Waals surface area contributed by atoms with Gasteiger partial charge in [0.1, 0.15) is 5.78 Å². The maximum absolute atomic E-state index is 12.3. The summed E-state index contributed by atoms with van der Waals surface area (Å²) >= 11 is 0. The summed E-state index contributed by atoms with van der Waals surface area (Å²) in [7, 11) is -1.51. The molecule has 0 unspecified atom stereocenters. The van der Waals surface area contributed by atoms with E-state index in [1.54, 1.807) is 0 Å². The molecule has 0 N–H and O–H groups in total. The van der Waals surface area contributed by atoms with E-state index in [1.165, 1.54) is 30.5 Å². The molecule has 1 aromatic rings. The van der Waals surface area contributed by atoms with Gasteiger partial charge in [0.2, 0.25) is 0 Å². The van der Waals surface area contributed by atoms with E-state index in [0.29, 0.717) is 5.78 Å². The first-order valence-electron chi connectivity index (χ1n) is 7.93. The van der Waals surface area contributed by atoms with Crippen molar-refractivity contribution in [2.24, 2.45) is 5.92 Å². The van der Waals surface area contributed by atoms with E-state index in [1.807, 2.05) is 6.07 Å². The van der Waals surface area contributed by atoms with E-state index >= 15 is 0 Å². The van der Waals surface area contributed by atoms with Crippen LogP contribution >= 0.6 is 0 Å². The monoisotopic (exact) mass is 288 g/mol. The van der Waals surface area contributed by atoms with E-state index in [-0.39, 0.29) is 12.0 Å². The molecule has 1 saturated heterocycles. The van der Waals surface area contributed by atoms with Gasteiger partial charge < -0.3 is 4.43 Å². The molecule has 3 heteroatoms. The molecule has 0 radical (unpaired) electrons. The lowest BCUT2D eigenvalue weighted by Gasteiger charge is -2.42. The number of hydrogen-bond acceptors (Lipinski definition) is 2. The van der Waals surface area contributed by atoms with E-state index in [9.17, 15) is 4.79 Å². The van der Waals surface area contributed by atoms with Crippen LogP contribution in [0.3, 0.4) is 0 Å². The molecule has 1 aliphatic carbocycles. The Balaban J connectivity index is 1.84. The normalized spacial score (nSPS) is 26.9.